The third-order valence-electron chi connectivity index (χ3n) is 2.32. The van der Waals surface area contributed by atoms with E-state index in [1.165, 1.54) is 0 Å². The Kier molecular flexibility index (Phi) is 5.29. The van der Waals surface area contributed by atoms with E-state index in [0.29, 0.717) is 18.9 Å². The number of hydrogen-bond donors (Lipinski definition) is 1. The average molecular weight is 209 g/mol. The van der Waals surface area contributed by atoms with Crippen LogP contribution in [0, 0.1) is 5.92 Å². The number of rotatable bonds is 6. The quantitative estimate of drug-likeness (QED) is 0.774. The zero-order valence-electron chi connectivity index (χ0n) is 9.39. The molecule has 2 atom stereocenters. The molecule has 1 aromatic heterocycles. The molecule has 0 saturated heterocycles. The Morgan fingerprint density at radius 2 is 2.33 bits per heavy atom. The first kappa shape index (κ1) is 12.1. The highest BCUT2D eigenvalue weighted by molar-refractivity contribution is 5.09. The molecule has 0 fully saturated rings. The molecular formula is C12H19NO2. The molecule has 0 bridgehead atoms. The van der Waals surface area contributed by atoms with Gasteiger partial charge >= 0.3 is 0 Å². The van der Waals surface area contributed by atoms with E-state index < -0.39 is 0 Å². The number of aromatic nitrogens is 1. The van der Waals surface area contributed by atoms with Gasteiger partial charge in [0, 0.05) is 26.1 Å². The van der Waals surface area contributed by atoms with Crippen molar-refractivity contribution in [3.8, 4) is 0 Å². The van der Waals surface area contributed by atoms with Crippen LogP contribution in [0.2, 0.25) is 0 Å². The maximum absolute atomic E-state index is 9.82. The second-order valence-electron chi connectivity index (χ2n) is 4.02. The van der Waals surface area contributed by atoms with E-state index in [4.69, 9.17) is 4.74 Å². The van der Waals surface area contributed by atoms with Crippen molar-refractivity contribution < 1.29 is 9.84 Å². The second-order valence-corrected chi connectivity index (χ2v) is 4.02. The van der Waals surface area contributed by atoms with Gasteiger partial charge in [-0.05, 0) is 30.4 Å². The Labute approximate surface area is 91.1 Å². The maximum atomic E-state index is 9.82. The molecule has 1 aromatic rings. The van der Waals surface area contributed by atoms with E-state index in [1.807, 2.05) is 12.1 Å². The number of hydrogen-bond acceptors (Lipinski definition) is 3. The SMILES string of the molecule is COCC(C)CC(O)Cc1cccnc1. The van der Waals surface area contributed by atoms with Gasteiger partial charge in [0.25, 0.3) is 0 Å². The van der Waals surface area contributed by atoms with Crippen LogP contribution in [-0.2, 0) is 11.2 Å². The van der Waals surface area contributed by atoms with E-state index >= 15 is 0 Å². The van der Waals surface area contributed by atoms with E-state index in [-0.39, 0.29) is 6.10 Å². The third kappa shape index (κ3) is 4.91. The molecule has 0 aliphatic carbocycles. The minimum atomic E-state index is -0.306. The fourth-order valence-corrected chi connectivity index (χ4v) is 1.69. The summed E-state index contributed by atoms with van der Waals surface area (Å²) in [7, 11) is 1.68. The Hall–Kier alpha value is -0.930. The first-order chi connectivity index (χ1) is 7.22. The summed E-state index contributed by atoms with van der Waals surface area (Å²) in [6.45, 7) is 2.78. The van der Waals surface area contributed by atoms with E-state index in [2.05, 4.69) is 11.9 Å². The molecule has 0 radical (unpaired) electrons. The molecule has 1 N–H and O–H groups in total. The van der Waals surface area contributed by atoms with Crippen LogP contribution in [0.4, 0.5) is 0 Å². The summed E-state index contributed by atoms with van der Waals surface area (Å²) in [4.78, 5) is 4.02. The lowest BCUT2D eigenvalue weighted by Crippen LogP contribution is -2.17. The van der Waals surface area contributed by atoms with Crippen molar-refractivity contribution in [3.63, 3.8) is 0 Å². The number of methoxy groups -OCH3 is 1. The monoisotopic (exact) mass is 209 g/mol. The van der Waals surface area contributed by atoms with E-state index in [9.17, 15) is 5.11 Å². The van der Waals surface area contributed by atoms with Crippen LogP contribution in [0.25, 0.3) is 0 Å². The topological polar surface area (TPSA) is 42.4 Å². The number of aliphatic hydroxyl groups excluding tert-OH is 1. The summed E-state index contributed by atoms with van der Waals surface area (Å²) in [5, 5.41) is 9.82. The first-order valence-corrected chi connectivity index (χ1v) is 5.28. The van der Waals surface area contributed by atoms with Gasteiger partial charge in [-0.2, -0.15) is 0 Å². The molecule has 1 heterocycles. The highest BCUT2D eigenvalue weighted by Gasteiger charge is 2.10. The van der Waals surface area contributed by atoms with Gasteiger partial charge in [0.05, 0.1) is 6.10 Å². The molecule has 2 unspecified atom stereocenters. The zero-order chi connectivity index (χ0) is 11.1. The normalized spacial score (nSPS) is 14.9. The fourth-order valence-electron chi connectivity index (χ4n) is 1.69. The van der Waals surface area contributed by atoms with Crippen LogP contribution in [-0.4, -0.2) is 29.9 Å². The van der Waals surface area contributed by atoms with Crippen molar-refractivity contribution in [2.75, 3.05) is 13.7 Å². The molecule has 84 valence electrons. The van der Waals surface area contributed by atoms with Gasteiger partial charge in [0.1, 0.15) is 0 Å². The predicted octanol–water partition coefficient (Wildman–Crippen LogP) is 1.66. The van der Waals surface area contributed by atoms with Crippen LogP contribution in [0.15, 0.2) is 24.5 Å². The predicted molar refractivity (Wildman–Crippen MR) is 59.6 cm³/mol. The molecule has 15 heavy (non-hydrogen) atoms. The standard InChI is InChI=1S/C12H19NO2/c1-10(9-15-2)6-12(14)7-11-4-3-5-13-8-11/h3-5,8,10,12,14H,6-7,9H2,1-2H3. The number of pyridine rings is 1. The summed E-state index contributed by atoms with van der Waals surface area (Å²) >= 11 is 0. The number of aliphatic hydroxyl groups is 1. The Balaban J connectivity index is 2.33. The Bertz CT molecular complexity index is 264. The van der Waals surface area contributed by atoms with Crippen LogP contribution >= 0.6 is 0 Å². The highest BCUT2D eigenvalue weighted by atomic mass is 16.5. The third-order valence-corrected chi connectivity index (χ3v) is 2.32. The van der Waals surface area contributed by atoms with Gasteiger partial charge in [-0.15, -0.1) is 0 Å². The molecule has 0 saturated carbocycles. The van der Waals surface area contributed by atoms with Crippen molar-refractivity contribution in [3.05, 3.63) is 30.1 Å². The maximum Gasteiger partial charge on any atom is 0.0584 e. The number of ether oxygens (including phenoxy) is 1. The molecule has 3 nitrogen and oxygen atoms in total. The number of nitrogens with zero attached hydrogens (tertiary/aromatic N) is 1. The molecule has 0 spiro atoms. The fraction of sp³-hybridized carbons (Fsp3) is 0.583. The van der Waals surface area contributed by atoms with E-state index in [1.54, 1.807) is 19.5 Å². The molecule has 3 heteroatoms. The van der Waals surface area contributed by atoms with Gasteiger partial charge < -0.3 is 9.84 Å². The summed E-state index contributed by atoms with van der Waals surface area (Å²) < 4.78 is 5.03. The minimum Gasteiger partial charge on any atom is -0.393 e. The van der Waals surface area contributed by atoms with Crippen molar-refractivity contribution >= 4 is 0 Å². The molecule has 0 aromatic carbocycles. The van der Waals surface area contributed by atoms with Crippen molar-refractivity contribution in [1.29, 1.82) is 0 Å². The molecule has 1 rings (SSSR count). The van der Waals surface area contributed by atoms with Gasteiger partial charge in [-0.1, -0.05) is 13.0 Å². The zero-order valence-corrected chi connectivity index (χ0v) is 9.39. The van der Waals surface area contributed by atoms with Crippen LogP contribution in [0.5, 0.6) is 0 Å². The van der Waals surface area contributed by atoms with Crippen molar-refractivity contribution in [1.82, 2.24) is 4.98 Å². The minimum absolute atomic E-state index is 0.306. The molecule has 0 aliphatic heterocycles. The van der Waals surface area contributed by atoms with Gasteiger partial charge in [-0.3, -0.25) is 4.98 Å². The lowest BCUT2D eigenvalue weighted by molar-refractivity contribution is 0.102. The van der Waals surface area contributed by atoms with Gasteiger partial charge in [0.15, 0.2) is 0 Å². The molecule has 0 aliphatic rings. The van der Waals surface area contributed by atoms with Crippen LogP contribution in [0.1, 0.15) is 18.9 Å². The average Bonchev–Trinajstić information content (AvgIpc) is 2.19. The summed E-state index contributed by atoms with van der Waals surface area (Å²) in [6, 6.07) is 3.87. The van der Waals surface area contributed by atoms with Gasteiger partial charge in [-0.25, -0.2) is 0 Å². The van der Waals surface area contributed by atoms with Gasteiger partial charge in [0.2, 0.25) is 0 Å². The Morgan fingerprint density at radius 1 is 1.53 bits per heavy atom. The first-order valence-electron chi connectivity index (χ1n) is 5.28. The van der Waals surface area contributed by atoms with Crippen LogP contribution < -0.4 is 0 Å². The van der Waals surface area contributed by atoms with Crippen molar-refractivity contribution in [2.45, 2.75) is 25.9 Å². The van der Waals surface area contributed by atoms with E-state index in [0.717, 1.165) is 12.0 Å². The highest BCUT2D eigenvalue weighted by Crippen LogP contribution is 2.10. The summed E-state index contributed by atoms with van der Waals surface area (Å²) in [5.41, 5.74) is 1.08. The second kappa shape index (κ2) is 6.53. The lowest BCUT2D eigenvalue weighted by atomic mass is 10.00. The molecular weight excluding hydrogens is 190 g/mol. The summed E-state index contributed by atoms with van der Waals surface area (Å²) in [5.74, 6) is 0.390. The van der Waals surface area contributed by atoms with Crippen LogP contribution in [0.3, 0.4) is 0 Å². The lowest BCUT2D eigenvalue weighted by Gasteiger charge is -2.15. The molecule has 0 amide bonds. The van der Waals surface area contributed by atoms with Crippen molar-refractivity contribution in [2.24, 2.45) is 5.92 Å². The Morgan fingerprint density at radius 3 is 2.93 bits per heavy atom. The smallest absolute Gasteiger partial charge is 0.0584 e. The summed E-state index contributed by atoms with van der Waals surface area (Å²) in [6.07, 6.45) is 4.66. The largest absolute Gasteiger partial charge is 0.393 e.